The van der Waals surface area contributed by atoms with Gasteiger partial charge in [-0.1, -0.05) is 77.8 Å². The SMILES string of the molecule is CC[C@H](C)C[C@H](C)CCCCCCCCC(=O)N[C@H]1C[C@@H](O)[C@@H](NCCN)NC(=O)[C@@H]2[C@@H](O)CCN2C(=O)[C@H]([C@H](O)CCN)NC(=O)[C@H]([C@H](O)[C@@H](O)c2ccc(O)cc2)NC(=O)[C@@H]2C[C@@H](O)CN2C(=O)[C@H]([C@@H](C)O)NC1=O. The second-order valence-corrected chi connectivity index (χ2v) is 21.3. The van der Waals surface area contributed by atoms with Crippen LogP contribution in [0.4, 0.5) is 0 Å². The first kappa shape index (κ1) is 64.4. The normalized spacial score (nSPS) is 28.6. The van der Waals surface area contributed by atoms with E-state index < -0.39 is 146 Å². The summed E-state index contributed by atoms with van der Waals surface area (Å²) in [4.78, 5) is 102. The van der Waals surface area contributed by atoms with Crippen LogP contribution in [0.5, 0.6) is 5.75 Å². The Morgan fingerprint density at radius 2 is 1.34 bits per heavy atom. The van der Waals surface area contributed by atoms with E-state index in [4.69, 9.17) is 11.5 Å². The van der Waals surface area contributed by atoms with Crippen LogP contribution >= 0.6 is 0 Å². The van der Waals surface area contributed by atoms with E-state index in [0.29, 0.717) is 24.7 Å². The molecule has 25 heteroatoms. The van der Waals surface area contributed by atoms with E-state index in [-0.39, 0.29) is 56.8 Å². The molecule has 0 saturated carbocycles. The number of hydrogen-bond donors (Lipinski definition) is 16. The zero-order valence-electron chi connectivity index (χ0n) is 45.0. The lowest BCUT2D eigenvalue weighted by atomic mass is 9.91. The molecule has 7 amide bonds. The number of hydrogen-bond acceptors (Lipinski definition) is 18. The topological polar surface area (TPSA) is 412 Å². The molecule has 1 aromatic carbocycles. The Hall–Kier alpha value is -5.09. The molecule has 0 aromatic heterocycles. The Labute approximate surface area is 450 Å². The zero-order valence-corrected chi connectivity index (χ0v) is 45.0. The maximum Gasteiger partial charge on any atom is 0.248 e. The maximum absolute atomic E-state index is 14.6. The maximum atomic E-state index is 14.6. The minimum atomic E-state index is -2.28. The second-order valence-electron chi connectivity index (χ2n) is 21.3. The van der Waals surface area contributed by atoms with Gasteiger partial charge in [0, 0.05) is 45.4 Å². The van der Waals surface area contributed by atoms with Gasteiger partial charge in [0.25, 0.3) is 0 Å². The van der Waals surface area contributed by atoms with Crippen molar-refractivity contribution in [2.75, 3.05) is 32.7 Å². The largest absolute Gasteiger partial charge is 0.508 e. The van der Waals surface area contributed by atoms with Crippen molar-refractivity contribution in [2.24, 2.45) is 23.3 Å². The van der Waals surface area contributed by atoms with Gasteiger partial charge in [-0.3, -0.25) is 38.9 Å². The number of aromatic hydroxyl groups is 1. The van der Waals surface area contributed by atoms with Crippen LogP contribution < -0.4 is 43.4 Å². The number of aliphatic hydroxyl groups excluding tert-OH is 7. The highest BCUT2D eigenvalue weighted by Crippen LogP contribution is 2.27. The molecule has 3 aliphatic heterocycles. The van der Waals surface area contributed by atoms with Crippen LogP contribution in [-0.4, -0.2) is 204 Å². The van der Waals surface area contributed by atoms with Gasteiger partial charge in [0.15, 0.2) is 0 Å². The summed E-state index contributed by atoms with van der Waals surface area (Å²) in [5.41, 5.74) is 11.5. The lowest BCUT2D eigenvalue weighted by Gasteiger charge is -2.35. The van der Waals surface area contributed by atoms with Crippen molar-refractivity contribution in [3.8, 4) is 5.75 Å². The average Bonchev–Trinajstić information content (AvgIpc) is 3.99. The number of rotatable bonds is 23. The molecular weight excluding hydrogens is 1000 g/mol. The zero-order chi connectivity index (χ0) is 57.1. The molecule has 3 heterocycles. The highest BCUT2D eigenvalue weighted by atomic mass is 16.3. The van der Waals surface area contributed by atoms with E-state index in [1.807, 2.05) is 0 Å². The first-order valence-electron chi connectivity index (χ1n) is 27.3. The van der Waals surface area contributed by atoms with Crippen LogP contribution in [0, 0.1) is 11.8 Å². The molecule has 18 N–H and O–H groups in total. The number of carbonyl (C=O) groups is 7. The molecule has 0 bridgehead atoms. The third kappa shape index (κ3) is 18.8. The van der Waals surface area contributed by atoms with E-state index >= 15 is 0 Å². The van der Waals surface area contributed by atoms with Crippen molar-refractivity contribution in [3.63, 3.8) is 0 Å². The number of phenolic OH excluding ortho intramolecular Hbond substituents is 1. The van der Waals surface area contributed by atoms with E-state index in [2.05, 4.69) is 52.7 Å². The predicted molar refractivity (Wildman–Crippen MR) is 280 cm³/mol. The van der Waals surface area contributed by atoms with Gasteiger partial charge in [-0.2, -0.15) is 0 Å². The fourth-order valence-corrected chi connectivity index (χ4v) is 10.2. The highest BCUT2D eigenvalue weighted by molar-refractivity contribution is 5.98. The van der Waals surface area contributed by atoms with Crippen LogP contribution in [0.3, 0.4) is 0 Å². The third-order valence-corrected chi connectivity index (χ3v) is 14.9. The van der Waals surface area contributed by atoms with Gasteiger partial charge in [0.1, 0.15) is 60.4 Å². The second kappa shape index (κ2) is 31.5. The van der Waals surface area contributed by atoms with Crippen molar-refractivity contribution < 1.29 is 74.4 Å². The van der Waals surface area contributed by atoms with Crippen molar-refractivity contribution in [1.29, 1.82) is 0 Å². The van der Waals surface area contributed by atoms with Gasteiger partial charge < -0.3 is 88.7 Å². The molecule has 0 aliphatic carbocycles. The molecule has 0 spiro atoms. The van der Waals surface area contributed by atoms with Gasteiger partial charge in [-0.05, 0) is 68.7 Å². The molecule has 3 fully saturated rings. The molecule has 3 aliphatic rings. The van der Waals surface area contributed by atoms with Crippen LogP contribution in [-0.2, 0) is 33.6 Å². The quantitative estimate of drug-likeness (QED) is 0.0477. The van der Waals surface area contributed by atoms with E-state index in [1.54, 1.807) is 0 Å². The molecule has 3 saturated heterocycles. The number of nitrogens with one attached hydrogen (secondary N) is 6. The van der Waals surface area contributed by atoms with Gasteiger partial charge in [-0.15, -0.1) is 0 Å². The number of fused-ring (bicyclic) bond motifs is 2. The van der Waals surface area contributed by atoms with Crippen molar-refractivity contribution in [2.45, 2.75) is 203 Å². The smallest absolute Gasteiger partial charge is 0.248 e. The summed E-state index contributed by atoms with van der Waals surface area (Å²) in [6.45, 7) is 6.73. The molecule has 0 unspecified atom stereocenters. The number of amides is 7. The molecule has 0 radical (unpaired) electrons. The summed E-state index contributed by atoms with van der Waals surface area (Å²) >= 11 is 0. The monoisotopic (exact) mass is 1090 g/mol. The van der Waals surface area contributed by atoms with Crippen LogP contribution in [0.25, 0.3) is 0 Å². The summed E-state index contributed by atoms with van der Waals surface area (Å²) < 4.78 is 0. The molecule has 4 rings (SSSR count). The summed E-state index contributed by atoms with van der Waals surface area (Å²) in [7, 11) is 0. The summed E-state index contributed by atoms with van der Waals surface area (Å²) in [5.74, 6) is -6.43. The number of nitrogens with zero attached hydrogens (tertiary/aromatic N) is 2. The van der Waals surface area contributed by atoms with Gasteiger partial charge in [-0.25, -0.2) is 0 Å². The lowest BCUT2D eigenvalue weighted by Crippen LogP contribution is -2.65. The Morgan fingerprint density at radius 3 is 1.97 bits per heavy atom. The number of phenols is 1. The third-order valence-electron chi connectivity index (χ3n) is 14.9. The summed E-state index contributed by atoms with van der Waals surface area (Å²) in [6.07, 6.45) is -6.95. The Morgan fingerprint density at radius 1 is 0.714 bits per heavy atom. The van der Waals surface area contributed by atoms with Gasteiger partial charge in [0.2, 0.25) is 41.4 Å². The van der Waals surface area contributed by atoms with Gasteiger partial charge in [0.05, 0.1) is 30.5 Å². The average molecular weight is 1090 g/mol. The van der Waals surface area contributed by atoms with Crippen molar-refractivity contribution in [1.82, 2.24) is 41.7 Å². The molecule has 77 heavy (non-hydrogen) atoms. The molecule has 25 nitrogen and oxygen atoms in total. The standard InChI is InChI=1S/C52H88N10O15/c1-5-28(2)24-29(3)12-10-8-6-7-9-11-13-39(69)56-34-26-38(68)46(55-22-21-54)60-50(75)43-37(67)19-23-61(43)52(77)41(36(66)18-20-53)58-49(74)42(45(71)44(70)31-14-16-32(64)17-15-31)59-48(73)35-25-33(65)27-62(35)51(76)40(30(4)63)57-47(34)72/h14-17,28-30,33-38,40-46,55,63-68,70-71H,5-13,18-27,53-54H2,1-4H3,(H,56,69)(H,57,72)(H,58,74)(H,59,73)(H,60,75)/t28-,29+,30+,33+,34-,35-,36+,37-,38+,40-,41-,42-,43-,44-,45-,46-/m0/s1. The molecular formula is C52H88N10O15. The fourth-order valence-electron chi connectivity index (χ4n) is 10.2. The number of nitrogens with two attached hydrogens (primary N) is 2. The number of aliphatic hydroxyl groups is 7. The Bertz CT molecular complexity index is 2070. The van der Waals surface area contributed by atoms with Crippen LogP contribution in [0.1, 0.15) is 129 Å². The van der Waals surface area contributed by atoms with Gasteiger partial charge >= 0.3 is 0 Å². The number of unbranched alkanes of at least 4 members (excludes halogenated alkanes) is 5. The Kier molecular flexibility index (Phi) is 26.4. The minimum absolute atomic E-state index is 0.0257. The Balaban J connectivity index is 1.73. The highest BCUT2D eigenvalue weighted by Gasteiger charge is 2.49. The molecule has 1 aromatic rings. The minimum Gasteiger partial charge on any atom is -0.508 e. The van der Waals surface area contributed by atoms with E-state index in [1.165, 1.54) is 30.7 Å². The van der Waals surface area contributed by atoms with Crippen LogP contribution in [0.2, 0.25) is 0 Å². The van der Waals surface area contributed by atoms with E-state index in [9.17, 15) is 74.4 Å². The number of benzene rings is 1. The van der Waals surface area contributed by atoms with Crippen LogP contribution in [0.15, 0.2) is 24.3 Å². The molecule has 436 valence electrons. The van der Waals surface area contributed by atoms with Crippen molar-refractivity contribution >= 4 is 41.4 Å². The number of carbonyl (C=O) groups excluding carboxylic acids is 7. The summed E-state index contributed by atoms with van der Waals surface area (Å²) in [5, 5.41) is 104. The fraction of sp³-hybridized carbons (Fsp3) is 0.750. The first-order chi connectivity index (χ1) is 36.5. The first-order valence-corrected chi connectivity index (χ1v) is 27.3. The summed E-state index contributed by atoms with van der Waals surface area (Å²) in [6, 6.07) is -6.40. The van der Waals surface area contributed by atoms with E-state index in [0.717, 1.165) is 55.2 Å². The van der Waals surface area contributed by atoms with Crippen molar-refractivity contribution in [3.05, 3.63) is 29.8 Å². The lowest BCUT2D eigenvalue weighted by molar-refractivity contribution is -0.148. The molecule has 16 atom stereocenters. The predicted octanol–water partition coefficient (Wildman–Crippen LogP) is -3.31.